The fraction of sp³-hybridized carbons (Fsp3) is 0.222. The van der Waals surface area contributed by atoms with Crippen LogP contribution >= 0.6 is 0 Å². The molecule has 0 saturated carbocycles. The first-order valence-electron chi connectivity index (χ1n) is 7.81. The van der Waals surface area contributed by atoms with E-state index in [4.69, 9.17) is 0 Å². The lowest BCUT2D eigenvalue weighted by Crippen LogP contribution is -2.34. The van der Waals surface area contributed by atoms with E-state index in [1.165, 1.54) is 12.1 Å². The summed E-state index contributed by atoms with van der Waals surface area (Å²) in [5.74, 6) is 0.428. The summed E-state index contributed by atoms with van der Waals surface area (Å²) in [6, 6.07) is 9.89. The number of hydrogen-bond acceptors (Lipinski definition) is 3. The van der Waals surface area contributed by atoms with Crippen LogP contribution in [0.1, 0.15) is 16.1 Å². The summed E-state index contributed by atoms with van der Waals surface area (Å²) in [6.07, 6.45) is 0.825. The normalized spacial score (nSPS) is 14.1. The molecule has 0 fully saturated rings. The van der Waals surface area contributed by atoms with Crippen molar-refractivity contribution < 1.29 is 9.18 Å². The van der Waals surface area contributed by atoms with Crippen molar-refractivity contribution in [3.05, 3.63) is 53.5 Å². The first-order valence-corrected chi connectivity index (χ1v) is 7.81. The second-order valence-corrected chi connectivity index (χ2v) is 6.06. The van der Waals surface area contributed by atoms with Crippen molar-refractivity contribution in [2.24, 2.45) is 7.05 Å². The van der Waals surface area contributed by atoms with Crippen LogP contribution in [0.5, 0.6) is 0 Å². The quantitative estimate of drug-likeness (QED) is 0.788. The zero-order valence-electron chi connectivity index (χ0n) is 13.5. The van der Waals surface area contributed by atoms with Gasteiger partial charge < -0.3 is 14.8 Å². The van der Waals surface area contributed by atoms with Gasteiger partial charge in [0.1, 0.15) is 17.3 Å². The Kier molecular flexibility index (Phi) is 3.26. The van der Waals surface area contributed by atoms with Gasteiger partial charge in [-0.15, -0.1) is 0 Å². The molecule has 0 radical (unpaired) electrons. The number of halogens is 1. The van der Waals surface area contributed by atoms with Crippen LogP contribution in [0.4, 0.5) is 15.9 Å². The van der Waals surface area contributed by atoms with Crippen LogP contribution in [0.15, 0.2) is 36.4 Å². The Hall–Kier alpha value is -2.89. The largest absolute Gasteiger partial charge is 0.341 e. The van der Waals surface area contributed by atoms with Gasteiger partial charge in [0.25, 0.3) is 5.91 Å². The third-order valence-corrected chi connectivity index (χ3v) is 4.52. The number of pyridine rings is 1. The van der Waals surface area contributed by atoms with Gasteiger partial charge in [0.2, 0.25) is 0 Å². The highest BCUT2D eigenvalue weighted by molar-refractivity contribution is 6.08. The molecule has 0 aliphatic carbocycles. The number of hydrogen-bond donors (Lipinski definition) is 1. The molecule has 3 aromatic rings. The van der Waals surface area contributed by atoms with Crippen LogP contribution in [0.3, 0.4) is 0 Å². The monoisotopic (exact) mass is 324 g/mol. The number of aryl methyl sites for hydroxylation is 1. The van der Waals surface area contributed by atoms with Crippen molar-refractivity contribution in [2.75, 3.05) is 18.9 Å². The van der Waals surface area contributed by atoms with Crippen molar-refractivity contribution in [3.8, 4) is 0 Å². The zero-order chi connectivity index (χ0) is 16.8. The molecule has 1 aromatic carbocycles. The van der Waals surface area contributed by atoms with E-state index in [1.807, 2.05) is 30.8 Å². The van der Waals surface area contributed by atoms with Crippen molar-refractivity contribution in [3.63, 3.8) is 0 Å². The van der Waals surface area contributed by atoms with Crippen LogP contribution in [-0.2, 0) is 13.5 Å². The maximum absolute atomic E-state index is 13.0. The SMILES string of the molecule is CN1CCc2c(c3ccc(Nc4ccc(F)cc4)nc3n2C)C1=O. The number of aromatic nitrogens is 2. The van der Waals surface area contributed by atoms with Crippen LogP contribution in [0, 0.1) is 5.82 Å². The molecule has 1 aliphatic heterocycles. The molecule has 0 saturated heterocycles. The van der Waals surface area contributed by atoms with E-state index in [0.29, 0.717) is 5.82 Å². The van der Waals surface area contributed by atoms with E-state index in [0.717, 1.165) is 40.9 Å². The third kappa shape index (κ3) is 2.22. The summed E-state index contributed by atoms with van der Waals surface area (Å²) in [6.45, 7) is 0.719. The van der Waals surface area contributed by atoms with Gasteiger partial charge in [-0.25, -0.2) is 9.37 Å². The van der Waals surface area contributed by atoms with E-state index in [2.05, 4.69) is 10.3 Å². The van der Waals surface area contributed by atoms with Gasteiger partial charge in [-0.1, -0.05) is 0 Å². The van der Waals surface area contributed by atoms with E-state index in [1.54, 1.807) is 17.0 Å². The molecule has 122 valence electrons. The molecule has 0 bridgehead atoms. The fourth-order valence-electron chi connectivity index (χ4n) is 3.20. The Labute approximate surface area is 138 Å². The molecule has 0 spiro atoms. The molecule has 4 rings (SSSR count). The predicted molar refractivity (Wildman–Crippen MR) is 91.1 cm³/mol. The summed E-state index contributed by atoms with van der Waals surface area (Å²) >= 11 is 0. The summed E-state index contributed by atoms with van der Waals surface area (Å²) in [4.78, 5) is 18.9. The third-order valence-electron chi connectivity index (χ3n) is 4.52. The first-order chi connectivity index (χ1) is 11.5. The highest BCUT2D eigenvalue weighted by Gasteiger charge is 2.28. The lowest BCUT2D eigenvalue weighted by atomic mass is 10.0. The van der Waals surface area contributed by atoms with Gasteiger partial charge in [-0.05, 0) is 36.4 Å². The van der Waals surface area contributed by atoms with E-state index < -0.39 is 0 Å². The number of rotatable bonds is 2. The molecule has 0 unspecified atom stereocenters. The Morgan fingerprint density at radius 3 is 2.62 bits per heavy atom. The van der Waals surface area contributed by atoms with Crippen molar-refractivity contribution >= 4 is 28.4 Å². The lowest BCUT2D eigenvalue weighted by molar-refractivity contribution is 0.0781. The Balaban J connectivity index is 1.78. The van der Waals surface area contributed by atoms with Crippen LogP contribution < -0.4 is 5.32 Å². The number of likely N-dealkylation sites (N-methyl/N-ethyl adjacent to an activating group) is 1. The Bertz CT molecular complexity index is 946. The standard InChI is InChI=1S/C18H17FN4O/c1-22-10-9-14-16(18(22)24)13-7-8-15(21-17(13)23(14)2)20-12-5-3-11(19)4-6-12/h3-8H,9-10H2,1-2H3,(H,20,21). The molecule has 2 aromatic heterocycles. The van der Waals surface area contributed by atoms with E-state index in [9.17, 15) is 9.18 Å². The highest BCUT2D eigenvalue weighted by Crippen LogP contribution is 2.30. The number of anilines is 2. The maximum Gasteiger partial charge on any atom is 0.256 e. The predicted octanol–water partition coefficient (Wildman–Crippen LogP) is 3.08. The fourth-order valence-corrected chi connectivity index (χ4v) is 3.20. The summed E-state index contributed by atoms with van der Waals surface area (Å²) in [5.41, 5.74) is 3.32. The highest BCUT2D eigenvalue weighted by atomic mass is 19.1. The van der Waals surface area contributed by atoms with Crippen LogP contribution in [-0.4, -0.2) is 34.0 Å². The second kappa shape index (κ2) is 5.33. The van der Waals surface area contributed by atoms with Gasteiger partial charge in [0, 0.05) is 43.8 Å². The van der Waals surface area contributed by atoms with Gasteiger partial charge in [-0.2, -0.15) is 0 Å². The Morgan fingerprint density at radius 2 is 1.88 bits per heavy atom. The minimum Gasteiger partial charge on any atom is -0.341 e. The average molecular weight is 324 g/mol. The molecule has 1 N–H and O–H groups in total. The summed E-state index contributed by atoms with van der Waals surface area (Å²) in [7, 11) is 3.76. The average Bonchev–Trinajstić information content (AvgIpc) is 2.86. The lowest BCUT2D eigenvalue weighted by Gasteiger charge is -2.23. The van der Waals surface area contributed by atoms with Crippen molar-refractivity contribution in [1.82, 2.24) is 14.5 Å². The molecule has 0 atom stereocenters. The van der Waals surface area contributed by atoms with Gasteiger partial charge in [0.05, 0.1) is 5.56 Å². The molecule has 3 heterocycles. The number of nitrogens with zero attached hydrogens (tertiary/aromatic N) is 3. The number of benzene rings is 1. The second-order valence-electron chi connectivity index (χ2n) is 6.06. The minimum absolute atomic E-state index is 0.0443. The molecular formula is C18H17FN4O. The Morgan fingerprint density at radius 1 is 1.12 bits per heavy atom. The van der Waals surface area contributed by atoms with Gasteiger partial charge in [-0.3, -0.25) is 4.79 Å². The van der Waals surface area contributed by atoms with Crippen molar-refractivity contribution in [1.29, 1.82) is 0 Å². The minimum atomic E-state index is -0.276. The van der Waals surface area contributed by atoms with Crippen molar-refractivity contribution in [2.45, 2.75) is 6.42 Å². The smallest absolute Gasteiger partial charge is 0.256 e. The summed E-state index contributed by atoms with van der Waals surface area (Å²) in [5, 5.41) is 4.03. The van der Waals surface area contributed by atoms with Gasteiger partial charge >= 0.3 is 0 Å². The van der Waals surface area contributed by atoms with E-state index in [-0.39, 0.29) is 11.7 Å². The number of amides is 1. The van der Waals surface area contributed by atoms with Gasteiger partial charge in [0.15, 0.2) is 0 Å². The molecule has 5 nitrogen and oxygen atoms in total. The zero-order valence-corrected chi connectivity index (χ0v) is 13.5. The first kappa shape index (κ1) is 14.7. The maximum atomic E-state index is 13.0. The number of carbonyl (C=O) groups is 1. The molecule has 24 heavy (non-hydrogen) atoms. The number of carbonyl (C=O) groups excluding carboxylic acids is 1. The number of nitrogens with one attached hydrogen (secondary N) is 1. The van der Waals surface area contributed by atoms with Crippen LogP contribution in [0.25, 0.3) is 11.0 Å². The molecule has 1 aliphatic rings. The molecule has 1 amide bonds. The topological polar surface area (TPSA) is 50.2 Å². The van der Waals surface area contributed by atoms with E-state index >= 15 is 0 Å². The molecule has 6 heteroatoms. The summed E-state index contributed by atoms with van der Waals surface area (Å²) < 4.78 is 15.0. The molecular weight excluding hydrogens is 307 g/mol. The number of fused-ring (bicyclic) bond motifs is 3. The van der Waals surface area contributed by atoms with Crippen LogP contribution in [0.2, 0.25) is 0 Å².